The first-order chi connectivity index (χ1) is 5.61. The number of hydrogen-bond donors (Lipinski definition) is 2. The van der Waals surface area contributed by atoms with Crippen LogP contribution in [0.4, 0.5) is 0 Å². The number of rotatable bonds is 3. The van der Waals surface area contributed by atoms with Crippen molar-refractivity contribution >= 4 is 5.97 Å². The van der Waals surface area contributed by atoms with E-state index >= 15 is 0 Å². The van der Waals surface area contributed by atoms with Gasteiger partial charge in [-0.2, -0.15) is 0 Å². The van der Waals surface area contributed by atoms with Crippen LogP contribution in [0.1, 0.15) is 19.3 Å². The van der Waals surface area contributed by atoms with Crippen LogP contribution in [0.5, 0.6) is 0 Å². The lowest BCUT2D eigenvalue weighted by Gasteiger charge is -2.20. The van der Waals surface area contributed by atoms with Gasteiger partial charge in [-0.15, -0.1) is 0 Å². The van der Waals surface area contributed by atoms with Crippen molar-refractivity contribution in [3.05, 3.63) is 0 Å². The second-order valence-electron chi connectivity index (χ2n) is 3.46. The van der Waals surface area contributed by atoms with Gasteiger partial charge < -0.3 is 15.7 Å². The van der Waals surface area contributed by atoms with Gasteiger partial charge in [0.25, 0.3) is 0 Å². The Kier molecular flexibility index (Phi) is 3.05. The molecule has 0 radical (unpaired) electrons. The summed E-state index contributed by atoms with van der Waals surface area (Å²) in [6.45, 7) is 1.07. The third-order valence-corrected chi connectivity index (χ3v) is 2.51. The standard InChI is InChI=1S/C8H16N2O2/c1-10-4-2-3-6(10)5-7(9)8(11)12/h6-7H,2-5,9H2,1H3,(H,11,12)/t6?,7-/m1/s1. The van der Waals surface area contributed by atoms with Gasteiger partial charge in [0, 0.05) is 6.04 Å². The van der Waals surface area contributed by atoms with Crippen LogP contribution in [0.15, 0.2) is 0 Å². The topological polar surface area (TPSA) is 66.6 Å². The first-order valence-electron chi connectivity index (χ1n) is 4.30. The fraction of sp³-hybridized carbons (Fsp3) is 0.875. The number of carboxylic acids is 1. The molecule has 1 aliphatic heterocycles. The molecule has 1 saturated heterocycles. The minimum atomic E-state index is -0.893. The zero-order valence-corrected chi connectivity index (χ0v) is 7.36. The SMILES string of the molecule is CN1CCCC1C[C@@H](N)C(=O)O. The van der Waals surface area contributed by atoms with E-state index in [1.807, 2.05) is 7.05 Å². The van der Waals surface area contributed by atoms with Crippen LogP contribution in [0, 0.1) is 0 Å². The number of carboxylic acid groups (broad SMARTS) is 1. The molecular formula is C8H16N2O2. The third kappa shape index (κ3) is 2.19. The maximum Gasteiger partial charge on any atom is 0.320 e. The van der Waals surface area contributed by atoms with Gasteiger partial charge in [-0.1, -0.05) is 0 Å². The molecule has 12 heavy (non-hydrogen) atoms. The van der Waals surface area contributed by atoms with E-state index in [2.05, 4.69) is 4.90 Å². The zero-order valence-electron chi connectivity index (χ0n) is 7.36. The van der Waals surface area contributed by atoms with Crippen LogP contribution in [-0.4, -0.2) is 41.7 Å². The van der Waals surface area contributed by atoms with E-state index in [-0.39, 0.29) is 0 Å². The van der Waals surface area contributed by atoms with Gasteiger partial charge >= 0.3 is 5.97 Å². The Morgan fingerprint density at radius 1 is 1.83 bits per heavy atom. The van der Waals surface area contributed by atoms with Crippen LogP contribution >= 0.6 is 0 Å². The van der Waals surface area contributed by atoms with Crippen LogP contribution in [-0.2, 0) is 4.79 Å². The molecule has 1 fully saturated rings. The van der Waals surface area contributed by atoms with Gasteiger partial charge in [-0.3, -0.25) is 4.79 Å². The summed E-state index contributed by atoms with van der Waals surface area (Å²) in [6.07, 6.45) is 2.82. The fourth-order valence-corrected chi connectivity index (χ4v) is 1.67. The lowest BCUT2D eigenvalue weighted by atomic mass is 10.1. The molecule has 1 heterocycles. The van der Waals surface area contributed by atoms with Crippen molar-refractivity contribution in [1.29, 1.82) is 0 Å². The molecule has 0 bridgehead atoms. The lowest BCUT2D eigenvalue weighted by molar-refractivity contribution is -0.138. The minimum absolute atomic E-state index is 0.371. The van der Waals surface area contributed by atoms with Crippen molar-refractivity contribution in [3.8, 4) is 0 Å². The monoisotopic (exact) mass is 172 g/mol. The quantitative estimate of drug-likeness (QED) is 0.623. The summed E-state index contributed by atoms with van der Waals surface area (Å²) < 4.78 is 0. The van der Waals surface area contributed by atoms with Gasteiger partial charge in [-0.05, 0) is 32.9 Å². The highest BCUT2D eigenvalue weighted by molar-refractivity contribution is 5.73. The second kappa shape index (κ2) is 3.87. The number of aliphatic carboxylic acids is 1. The Hall–Kier alpha value is -0.610. The molecule has 0 saturated carbocycles. The summed E-state index contributed by atoms with van der Waals surface area (Å²) in [5.74, 6) is -0.893. The van der Waals surface area contributed by atoms with E-state index < -0.39 is 12.0 Å². The number of carbonyl (C=O) groups is 1. The van der Waals surface area contributed by atoms with Crippen molar-refractivity contribution in [3.63, 3.8) is 0 Å². The van der Waals surface area contributed by atoms with E-state index in [4.69, 9.17) is 10.8 Å². The summed E-state index contributed by atoms with van der Waals surface area (Å²) in [5.41, 5.74) is 5.43. The van der Waals surface area contributed by atoms with Gasteiger partial charge in [-0.25, -0.2) is 0 Å². The maximum atomic E-state index is 10.5. The van der Waals surface area contributed by atoms with E-state index in [9.17, 15) is 4.79 Å². The summed E-state index contributed by atoms with van der Waals surface area (Å²) >= 11 is 0. The Balaban J connectivity index is 2.35. The predicted octanol–water partition coefficient (Wildman–Crippen LogP) is -0.117. The van der Waals surface area contributed by atoms with E-state index in [1.165, 1.54) is 0 Å². The van der Waals surface area contributed by atoms with Crippen LogP contribution < -0.4 is 5.73 Å². The van der Waals surface area contributed by atoms with Crippen molar-refractivity contribution in [2.75, 3.05) is 13.6 Å². The molecule has 3 N–H and O–H groups in total. The van der Waals surface area contributed by atoms with E-state index in [1.54, 1.807) is 0 Å². The highest BCUT2D eigenvalue weighted by Gasteiger charge is 2.25. The first kappa shape index (κ1) is 9.48. The van der Waals surface area contributed by atoms with Gasteiger partial charge in [0.05, 0.1) is 0 Å². The third-order valence-electron chi connectivity index (χ3n) is 2.51. The average molecular weight is 172 g/mol. The molecule has 4 nitrogen and oxygen atoms in total. The molecule has 1 aliphatic rings. The number of nitrogens with zero attached hydrogens (tertiary/aromatic N) is 1. The van der Waals surface area contributed by atoms with Gasteiger partial charge in [0.15, 0.2) is 0 Å². The van der Waals surface area contributed by atoms with Crippen LogP contribution in [0.25, 0.3) is 0 Å². The molecule has 4 heteroatoms. The van der Waals surface area contributed by atoms with Crippen LogP contribution in [0.2, 0.25) is 0 Å². The molecule has 1 rings (SSSR count). The number of hydrogen-bond acceptors (Lipinski definition) is 3. The van der Waals surface area contributed by atoms with E-state index in [0.717, 1.165) is 19.4 Å². The molecule has 0 aromatic carbocycles. The largest absolute Gasteiger partial charge is 0.480 e. The van der Waals surface area contributed by atoms with Crippen LogP contribution in [0.3, 0.4) is 0 Å². The highest BCUT2D eigenvalue weighted by Crippen LogP contribution is 2.18. The van der Waals surface area contributed by atoms with Crippen molar-refractivity contribution in [1.82, 2.24) is 4.90 Å². The Bertz CT molecular complexity index is 172. The molecule has 0 spiro atoms. The van der Waals surface area contributed by atoms with Gasteiger partial charge in [0.1, 0.15) is 6.04 Å². The molecule has 0 aromatic rings. The molecule has 70 valence electrons. The summed E-state index contributed by atoms with van der Waals surface area (Å²) in [5, 5.41) is 8.59. The second-order valence-corrected chi connectivity index (χ2v) is 3.46. The number of likely N-dealkylation sites (tertiary alicyclic amines) is 1. The summed E-state index contributed by atoms with van der Waals surface area (Å²) in [4.78, 5) is 12.6. The van der Waals surface area contributed by atoms with E-state index in [0.29, 0.717) is 12.5 Å². The molecule has 1 unspecified atom stereocenters. The number of nitrogens with two attached hydrogens (primary N) is 1. The Morgan fingerprint density at radius 2 is 2.50 bits per heavy atom. The maximum absolute atomic E-state index is 10.5. The molecular weight excluding hydrogens is 156 g/mol. The molecule has 2 atom stereocenters. The summed E-state index contributed by atoms with van der Waals surface area (Å²) in [7, 11) is 2.02. The molecule has 0 amide bonds. The molecule has 0 aromatic heterocycles. The normalized spacial score (nSPS) is 27.3. The zero-order chi connectivity index (χ0) is 9.14. The first-order valence-corrected chi connectivity index (χ1v) is 4.30. The van der Waals surface area contributed by atoms with Crippen molar-refractivity contribution in [2.45, 2.75) is 31.3 Å². The van der Waals surface area contributed by atoms with Crippen molar-refractivity contribution < 1.29 is 9.90 Å². The lowest BCUT2D eigenvalue weighted by Crippen LogP contribution is -2.37. The smallest absolute Gasteiger partial charge is 0.320 e. The fourth-order valence-electron chi connectivity index (χ4n) is 1.67. The van der Waals surface area contributed by atoms with Gasteiger partial charge in [0.2, 0.25) is 0 Å². The molecule has 0 aliphatic carbocycles. The van der Waals surface area contributed by atoms with Crippen molar-refractivity contribution in [2.24, 2.45) is 5.73 Å². The summed E-state index contributed by atoms with van der Waals surface area (Å²) in [6, 6.07) is -0.327. The Labute approximate surface area is 72.3 Å². The predicted molar refractivity (Wildman–Crippen MR) is 45.9 cm³/mol. The highest BCUT2D eigenvalue weighted by atomic mass is 16.4. The Morgan fingerprint density at radius 3 is 2.92 bits per heavy atom. The minimum Gasteiger partial charge on any atom is -0.480 e. The average Bonchev–Trinajstić information content (AvgIpc) is 2.36.